The van der Waals surface area contributed by atoms with Crippen LogP contribution in [0.25, 0.3) is 10.2 Å². The number of fused-ring (bicyclic) bond motifs is 1. The number of thiazole rings is 1. The van der Waals surface area contributed by atoms with E-state index in [1.807, 2.05) is 24.3 Å². The van der Waals surface area contributed by atoms with E-state index in [9.17, 15) is 4.79 Å². The summed E-state index contributed by atoms with van der Waals surface area (Å²) in [5.74, 6) is 1.13. The molecule has 0 bridgehead atoms. The third kappa shape index (κ3) is 3.81. The van der Waals surface area contributed by atoms with Crippen LogP contribution in [-0.4, -0.2) is 47.0 Å². The number of piperazine rings is 1. The number of hydrogen-bond acceptors (Lipinski definition) is 7. The second kappa shape index (κ2) is 8.08. The molecule has 2 aromatic carbocycles. The molecule has 30 heavy (non-hydrogen) atoms. The molecule has 1 amide bonds. The fraction of sp³-hybridized carbons (Fsp3) is 0.182. The Morgan fingerprint density at radius 1 is 0.900 bits per heavy atom. The number of carbonyl (C=O) groups is 1. The Hall–Kier alpha value is -3.52. The van der Waals surface area contributed by atoms with Crippen molar-refractivity contribution in [2.24, 2.45) is 0 Å². The fourth-order valence-electron chi connectivity index (χ4n) is 3.61. The molecule has 1 aliphatic rings. The fourth-order valence-corrected chi connectivity index (χ4v) is 4.32. The molecule has 0 unspecified atom stereocenters. The number of hydrogen-bond donors (Lipinski definition) is 1. The minimum Gasteiger partial charge on any atom is -0.368 e. The van der Waals surface area contributed by atoms with Crippen LogP contribution in [0.4, 0.5) is 17.3 Å². The average Bonchev–Trinajstić information content (AvgIpc) is 3.28. The molecule has 0 saturated carbocycles. The van der Waals surface area contributed by atoms with E-state index in [-0.39, 0.29) is 5.91 Å². The van der Waals surface area contributed by atoms with E-state index < -0.39 is 0 Å². The highest BCUT2D eigenvalue weighted by Crippen LogP contribution is 2.22. The molecular formula is C22H20N6OS. The van der Waals surface area contributed by atoms with E-state index in [2.05, 4.69) is 54.3 Å². The zero-order valence-electron chi connectivity index (χ0n) is 16.2. The van der Waals surface area contributed by atoms with Gasteiger partial charge in [-0.1, -0.05) is 18.2 Å². The number of anilines is 3. The SMILES string of the molecule is O=C(Nc1cc(N2CCN(c3ccccc3)CC2)ncn1)c1ccc2ncsc2c1. The highest BCUT2D eigenvalue weighted by molar-refractivity contribution is 7.16. The third-order valence-corrected chi connectivity index (χ3v) is 6.00. The van der Waals surface area contributed by atoms with Gasteiger partial charge in [-0.3, -0.25) is 4.79 Å². The molecule has 0 radical (unpaired) electrons. The van der Waals surface area contributed by atoms with Gasteiger partial charge in [0.25, 0.3) is 5.91 Å². The molecule has 7 nitrogen and oxygen atoms in total. The monoisotopic (exact) mass is 416 g/mol. The zero-order valence-corrected chi connectivity index (χ0v) is 17.0. The van der Waals surface area contributed by atoms with Gasteiger partial charge in [-0.05, 0) is 30.3 Å². The molecule has 1 saturated heterocycles. The van der Waals surface area contributed by atoms with Gasteiger partial charge in [0, 0.05) is 43.5 Å². The number of nitrogens with one attached hydrogen (secondary N) is 1. The van der Waals surface area contributed by atoms with Gasteiger partial charge in [-0.2, -0.15) is 0 Å². The second-order valence-corrected chi connectivity index (χ2v) is 7.95. The normalized spacial score (nSPS) is 14.1. The number of para-hydroxylation sites is 1. The Balaban J connectivity index is 1.26. The summed E-state index contributed by atoms with van der Waals surface area (Å²) >= 11 is 1.52. The maximum absolute atomic E-state index is 12.7. The average molecular weight is 417 g/mol. The van der Waals surface area contributed by atoms with E-state index in [1.165, 1.54) is 23.4 Å². The van der Waals surface area contributed by atoms with E-state index >= 15 is 0 Å². The van der Waals surface area contributed by atoms with Crippen molar-refractivity contribution in [1.29, 1.82) is 0 Å². The summed E-state index contributed by atoms with van der Waals surface area (Å²) in [6.45, 7) is 3.57. The lowest BCUT2D eigenvalue weighted by molar-refractivity contribution is 0.102. The third-order valence-electron chi connectivity index (χ3n) is 5.21. The minimum absolute atomic E-state index is 0.191. The first-order valence-corrected chi connectivity index (χ1v) is 10.7. The van der Waals surface area contributed by atoms with E-state index in [1.54, 1.807) is 11.6 Å². The molecule has 0 spiro atoms. The molecule has 3 heterocycles. The van der Waals surface area contributed by atoms with Crippen LogP contribution in [0.2, 0.25) is 0 Å². The highest BCUT2D eigenvalue weighted by atomic mass is 32.1. The molecule has 150 valence electrons. The quantitative estimate of drug-likeness (QED) is 0.547. The first-order chi connectivity index (χ1) is 14.8. The molecule has 8 heteroatoms. The number of nitrogens with zero attached hydrogens (tertiary/aromatic N) is 5. The Morgan fingerprint density at radius 3 is 2.53 bits per heavy atom. The van der Waals surface area contributed by atoms with Crippen molar-refractivity contribution in [3.63, 3.8) is 0 Å². The highest BCUT2D eigenvalue weighted by Gasteiger charge is 2.19. The summed E-state index contributed by atoms with van der Waals surface area (Å²) in [5, 5.41) is 2.89. The van der Waals surface area contributed by atoms with E-state index in [0.29, 0.717) is 11.4 Å². The first-order valence-electron chi connectivity index (χ1n) is 9.78. The second-order valence-electron chi connectivity index (χ2n) is 7.06. The summed E-state index contributed by atoms with van der Waals surface area (Å²) in [7, 11) is 0. The minimum atomic E-state index is -0.191. The number of rotatable bonds is 4. The molecule has 1 fully saturated rings. The summed E-state index contributed by atoms with van der Waals surface area (Å²) in [4.78, 5) is 30.1. The van der Waals surface area contributed by atoms with Crippen molar-refractivity contribution in [2.45, 2.75) is 0 Å². The van der Waals surface area contributed by atoms with Crippen molar-refractivity contribution in [2.75, 3.05) is 41.3 Å². The van der Waals surface area contributed by atoms with Crippen LogP contribution in [0.1, 0.15) is 10.4 Å². The molecule has 1 aliphatic heterocycles. The topological polar surface area (TPSA) is 74.2 Å². The van der Waals surface area contributed by atoms with Crippen LogP contribution < -0.4 is 15.1 Å². The van der Waals surface area contributed by atoms with Gasteiger partial charge in [0.15, 0.2) is 0 Å². The Morgan fingerprint density at radius 2 is 1.70 bits per heavy atom. The molecule has 5 rings (SSSR count). The maximum atomic E-state index is 12.7. The van der Waals surface area contributed by atoms with Gasteiger partial charge < -0.3 is 15.1 Å². The lowest BCUT2D eigenvalue weighted by Gasteiger charge is -2.36. The number of amides is 1. The van der Waals surface area contributed by atoms with Crippen molar-refractivity contribution < 1.29 is 4.79 Å². The van der Waals surface area contributed by atoms with Crippen LogP contribution in [-0.2, 0) is 0 Å². The summed E-state index contributed by atoms with van der Waals surface area (Å²) in [6.07, 6.45) is 1.50. The summed E-state index contributed by atoms with van der Waals surface area (Å²) in [6, 6.07) is 17.8. The zero-order chi connectivity index (χ0) is 20.3. The maximum Gasteiger partial charge on any atom is 0.256 e. The van der Waals surface area contributed by atoms with Crippen LogP contribution in [0, 0.1) is 0 Å². The van der Waals surface area contributed by atoms with Crippen molar-refractivity contribution in [1.82, 2.24) is 15.0 Å². The van der Waals surface area contributed by atoms with Gasteiger partial charge in [0.2, 0.25) is 0 Å². The summed E-state index contributed by atoms with van der Waals surface area (Å²) < 4.78 is 0.988. The lowest BCUT2D eigenvalue weighted by Crippen LogP contribution is -2.46. The summed E-state index contributed by atoms with van der Waals surface area (Å²) in [5.41, 5.74) is 4.50. The first kappa shape index (κ1) is 18.5. The van der Waals surface area contributed by atoms with Gasteiger partial charge in [0.05, 0.1) is 15.7 Å². The van der Waals surface area contributed by atoms with Gasteiger partial charge in [-0.25, -0.2) is 15.0 Å². The molecule has 0 aliphatic carbocycles. The molecule has 4 aromatic rings. The van der Waals surface area contributed by atoms with Gasteiger partial charge in [-0.15, -0.1) is 11.3 Å². The van der Waals surface area contributed by atoms with Gasteiger partial charge in [0.1, 0.15) is 18.0 Å². The predicted octanol–water partition coefficient (Wildman–Crippen LogP) is 3.67. The standard InChI is InChI=1S/C22H20N6OS/c29-22(16-6-7-18-19(12-16)30-15-25-18)26-20-13-21(24-14-23-20)28-10-8-27(9-11-28)17-4-2-1-3-5-17/h1-7,12-15H,8-11H2,(H,23,24,26,29). The van der Waals surface area contributed by atoms with E-state index in [0.717, 1.165) is 42.2 Å². The Bertz CT molecular complexity index is 1170. The molecule has 1 N–H and O–H groups in total. The Kier molecular flexibility index (Phi) is 4.98. The lowest BCUT2D eigenvalue weighted by atomic mass is 10.2. The van der Waals surface area contributed by atoms with Crippen LogP contribution in [0.3, 0.4) is 0 Å². The largest absolute Gasteiger partial charge is 0.368 e. The van der Waals surface area contributed by atoms with Crippen LogP contribution in [0.15, 0.2) is 66.4 Å². The van der Waals surface area contributed by atoms with Crippen LogP contribution >= 0.6 is 11.3 Å². The molecule has 2 aromatic heterocycles. The number of aromatic nitrogens is 3. The van der Waals surface area contributed by atoms with Crippen molar-refractivity contribution in [3.05, 3.63) is 72.0 Å². The van der Waals surface area contributed by atoms with Crippen molar-refractivity contribution in [3.8, 4) is 0 Å². The van der Waals surface area contributed by atoms with Crippen molar-refractivity contribution >= 4 is 44.8 Å². The predicted molar refractivity (Wildman–Crippen MR) is 120 cm³/mol. The van der Waals surface area contributed by atoms with Gasteiger partial charge >= 0.3 is 0 Å². The number of carbonyl (C=O) groups excluding carboxylic acids is 1. The number of benzene rings is 2. The molecular weight excluding hydrogens is 396 g/mol. The Labute approximate surface area is 178 Å². The van der Waals surface area contributed by atoms with E-state index in [4.69, 9.17) is 0 Å². The smallest absolute Gasteiger partial charge is 0.256 e. The molecule has 0 atom stereocenters. The van der Waals surface area contributed by atoms with Crippen LogP contribution in [0.5, 0.6) is 0 Å².